The Morgan fingerprint density at radius 2 is 2.14 bits per heavy atom. The van der Waals surface area contributed by atoms with Gasteiger partial charge in [0.25, 0.3) is 0 Å². The summed E-state index contributed by atoms with van der Waals surface area (Å²) in [6.45, 7) is 0. The molecular weight excluding hydrogens is 282 g/mol. The highest BCUT2D eigenvalue weighted by molar-refractivity contribution is 6.30. The average molecular weight is 298 g/mol. The van der Waals surface area contributed by atoms with Crippen LogP contribution in [-0.4, -0.2) is 11.1 Å². The van der Waals surface area contributed by atoms with Crippen LogP contribution in [0, 0.1) is 11.8 Å². The van der Waals surface area contributed by atoms with E-state index in [0.717, 1.165) is 30.5 Å². The third-order valence-electron chi connectivity index (χ3n) is 3.62. The number of halogens is 1. The monoisotopic (exact) mass is 297 g/mol. The number of rotatable bonds is 1. The Hall–Kier alpha value is -2.11. The third kappa shape index (κ3) is 3.51. The van der Waals surface area contributed by atoms with Gasteiger partial charge in [-0.3, -0.25) is 0 Å². The quantitative estimate of drug-likeness (QED) is 0.773. The normalized spacial score (nSPS) is 16.3. The van der Waals surface area contributed by atoms with Gasteiger partial charge in [0.15, 0.2) is 0 Å². The zero-order chi connectivity index (χ0) is 14.7. The molecule has 0 amide bonds. The van der Waals surface area contributed by atoms with Crippen LogP contribution in [0.25, 0.3) is 0 Å². The van der Waals surface area contributed by atoms with Crippen LogP contribution < -0.4 is 5.32 Å². The Kier molecular flexibility index (Phi) is 4.03. The lowest BCUT2D eigenvalue weighted by atomic mass is 9.96. The Labute approximate surface area is 129 Å². The van der Waals surface area contributed by atoms with Crippen molar-refractivity contribution in [3.63, 3.8) is 0 Å². The van der Waals surface area contributed by atoms with E-state index < -0.39 is 0 Å². The minimum atomic E-state index is 0.298. The van der Waals surface area contributed by atoms with Gasteiger partial charge in [0.05, 0.1) is 0 Å². The van der Waals surface area contributed by atoms with E-state index in [2.05, 4.69) is 17.2 Å². The van der Waals surface area contributed by atoms with Gasteiger partial charge in [-0.05, 0) is 42.7 Å². The van der Waals surface area contributed by atoms with Gasteiger partial charge in [0.1, 0.15) is 5.75 Å². The Balaban J connectivity index is 1.65. The number of benzene rings is 2. The lowest BCUT2D eigenvalue weighted by Crippen LogP contribution is -2.24. The van der Waals surface area contributed by atoms with Crippen LogP contribution in [-0.2, 0) is 6.42 Å². The van der Waals surface area contributed by atoms with E-state index in [9.17, 15) is 5.11 Å². The van der Waals surface area contributed by atoms with Gasteiger partial charge >= 0.3 is 0 Å². The highest BCUT2D eigenvalue weighted by Crippen LogP contribution is 2.29. The first-order valence-corrected chi connectivity index (χ1v) is 7.41. The molecule has 3 heteroatoms. The summed E-state index contributed by atoms with van der Waals surface area (Å²) in [5.41, 5.74) is 3.22. The fraction of sp³-hybridized carbons (Fsp3) is 0.222. The molecule has 1 aliphatic heterocycles. The standard InChI is InChI=1S/C18H16ClNO/c19-15-5-1-3-13(11-15)4-2-6-16-9-7-14-8-10-17(21)12-18(14)20-16/h1,3,5,8,10-12,16,20-21H,6-7,9H2. The largest absolute Gasteiger partial charge is 0.508 e. The zero-order valence-electron chi connectivity index (χ0n) is 11.6. The molecule has 3 rings (SSSR count). The highest BCUT2D eigenvalue weighted by atomic mass is 35.5. The summed E-state index contributed by atoms with van der Waals surface area (Å²) in [5.74, 6) is 6.65. The van der Waals surface area contributed by atoms with Crippen LogP contribution in [0.2, 0.25) is 5.02 Å². The number of aromatic hydroxyl groups is 1. The minimum Gasteiger partial charge on any atom is -0.508 e. The lowest BCUT2D eigenvalue weighted by molar-refractivity contribution is 0.474. The first-order valence-electron chi connectivity index (χ1n) is 7.03. The summed E-state index contributed by atoms with van der Waals surface area (Å²) in [6, 6.07) is 13.4. The van der Waals surface area contributed by atoms with Gasteiger partial charge in [0.2, 0.25) is 0 Å². The molecule has 2 nitrogen and oxygen atoms in total. The smallest absolute Gasteiger partial charge is 0.117 e. The molecule has 1 unspecified atom stereocenters. The lowest BCUT2D eigenvalue weighted by Gasteiger charge is -2.25. The summed E-state index contributed by atoms with van der Waals surface area (Å²) >= 11 is 5.94. The van der Waals surface area contributed by atoms with Crippen molar-refractivity contribution in [1.82, 2.24) is 0 Å². The second-order valence-corrected chi connectivity index (χ2v) is 5.67. The molecule has 0 spiro atoms. The molecular formula is C18H16ClNO. The van der Waals surface area contributed by atoms with E-state index in [1.807, 2.05) is 30.3 Å². The minimum absolute atomic E-state index is 0.298. The van der Waals surface area contributed by atoms with Gasteiger partial charge < -0.3 is 10.4 Å². The second kappa shape index (κ2) is 6.11. The molecule has 0 saturated heterocycles. The van der Waals surface area contributed by atoms with Crippen LogP contribution in [0.1, 0.15) is 24.0 Å². The molecule has 0 aliphatic carbocycles. The second-order valence-electron chi connectivity index (χ2n) is 5.24. The summed E-state index contributed by atoms with van der Waals surface area (Å²) < 4.78 is 0. The average Bonchev–Trinajstić information content (AvgIpc) is 2.47. The van der Waals surface area contributed by atoms with Crippen molar-refractivity contribution in [3.05, 3.63) is 58.6 Å². The number of phenols is 1. The van der Waals surface area contributed by atoms with Crippen molar-refractivity contribution in [1.29, 1.82) is 0 Å². The molecule has 0 aromatic heterocycles. The van der Waals surface area contributed by atoms with Crippen molar-refractivity contribution in [2.45, 2.75) is 25.3 Å². The predicted octanol–water partition coefficient (Wildman–Crippen LogP) is 4.21. The number of fused-ring (bicyclic) bond motifs is 1. The van der Waals surface area contributed by atoms with Crippen LogP contribution in [0.15, 0.2) is 42.5 Å². The molecule has 2 aromatic rings. The number of anilines is 1. The molecule has 106 valence electrons. The van der Waals surface area contributed by atoms with Crippen LogP contribution in [0.5, 0.6) is 5.75 Å². The molecule has 0 saturated carbocycles. The first-order chi connectivity index (χ1) is 10.2. The van der Waals surface area contributed by atoms with Crippen molar-refractivity contribution in [2.24, 2.45) is 0 Å². The molecule has 0 bridgehead atoms. The van der Waals surface area contributed by atoms with Gasteiger partial charge in [-0.25, -0.2) is 0 Å². The van der Waals surface area contributed by atoms with Gasteiger partial charge in [0, 0.05) is 34.8 Å². The van der Waals surface area contributed by atoms with Crippen molar-refractivity contribution >= 4 is 17.3 Å². The fourth-order valence-electron chi connectivity index (χ4n) is 2.53. The molecule has 0 radical (unpaired) electrons. The number of hydrogen-bond donors (Lipinski definition) is 2. The van der Waals surface area contributed by atoms with E-state index >= 15 is 0 Å². The maximum atomic E-state index is 9.54. The van der Waals surface area contributed by atoms with Crippen molar-refractivity contribution in [3.8, 4) is 17.6 Å². The number of phenolic OH excluding ortho intramolecular Hbond substituents is 1. The molecule has 1 aliphatic rings. The van der Waals surface area contributed by atoms with Crippen LogP contribution >= 0.6 is 11.6 Å². The van der Waals surface area contributed by atoms with E-state index in [0.29, 0.717) is 16.8 Å². The van der Waals surface area contributed by atoms with Gasteiger partial charge in [-0.15, -0.1) is 0 Å². The van der Waals surface area contributed by atoms with E-state index in [1.165, 1.54) is 5.56 Å². The number of nitrogens with one attached hydrogen (secondary N) is 1. The number of aryl methyl sites for hydroxylation is 1. The zero-order valence-corrected chi connectivity index (χ0v) is 12.3. The van der Waals surface area contributed by atoms with Gasteiger partial charge in [-0.2, -0.15) is 0 Å². The topological polar surface area (TPSA) is 32.3 Å². The molecule has 0 fully saturated rings. The predicted molar refractivity (Wildman–Crippen MR) is 86.8 cm³/mol. The van der Waals surface area contributed by atoms with Crippen molar-refractivity contribution < 1.29 is 5.11 Å². The summed E-state index contributed by atoms with van der Waals surface area (Å²) in [5, 5.41) is 13.7. The summed E-state index contributed by atoms with van der Waals surface area (Å²) in [4.78, 5) is 0. The molecule has 2 N–H and O–H groups in total. The maximum Gasteiger partial charge on any atom is 0.117 e. The Bertz CT molecular complexity index is 715. The molecule has 2 aromatic carbocycles. The highest BCUT2D eigenvalue weighted by Gasteiger charge is 2.16. The molecule has 1 heterocycles. The Morgan fingerprint density at radius 3 is 3.00 bits per heavy atom. The number of hydrogen-bond acceptors (Lipinski definition) is 2. The fourth-order valence-corrected chi connectivity index (χ4v) is 2.72. The molecule has 1 atom stereocenters. The summed E-state index contributed by atoms with van der Waals surface area (Å²) in [6.07, 6.45) is 2.86. The van der Waals surface area contributed by atoms with Crippen molar-refractivity contribution in [2.75, 3.05) is 5.32 Å². The third-order valence-corrected chi connectivity index (χ3v) is 3.86. The van der Waals surface area contributed by atoms with Gasteiger partial charge in [-0.1, -0.05) is 35.6 Å². The van der Waals surface area contributed by atoms with E-state index in [1.54, 1.807) is 12.1 Å². The Morgan fingerprint density at radius 1 is 1.24 bits per heavy atom. The van der Waals surface area contributed by atoms with E-state index in [-0.39, 0.29) is 0 Å². The first kappa shape index (κ1) is 13.9. The van der Waals surface area contributed by atoms with E-state index in [4.69, 9.17) is 11.6 Å². The van der Waals surface area contributed by atoms with Crippen LogP contribution in [0.4, 0.5) is 5.69 Å². The molecule has 21 heavy (non-hydrogen) atoms. The SMILES string of the molecule is Oc1ccc2c(c1)NC(CC#Cc1cccc(Cl)c1)CC2. The van der Waals surface area contributed by atoms with Crippen LogP contribution in [0.3, 0.4) is 0 Å². The maximum absolute atomic E-state index is 9.54. The summed E-state index contributed by atoms with van der Waals surface area (Å²) in [7, 11) is 0.